The molecule has 0 fully saturated rings. The standard InChI is InChI=1S/C22H17FN2O4/c23-17-9-7-16(8-10-17)22(14-26)20-4-2-1-3-19(20)21(27)24(22)13-15-5-11-18(12-6-15)25(28)29/h1-12,26H,13-14H2. The van der Waals surface area contributed by atoms with Gasteiger partial charge in [0.2, 0.25) is 0 Å². The minimum absolute atomic E-state index is 0.0447. The van der Waals surface area contributed by atoms with Gasteiger partial charge in [-0.15, -0.1) is 0 Å². The summed E-state index contributed by atoms with van der Waals surface area (Å²) in [4.78, 5) is 25.2. The summed E-state index contributed by atoms with van der Waals surface area (Å²) in [5.74, 6) is -0.682. The molecule has 3 aromatic rings. The molecule has 1 atom stereocenters. The smallest absolute Gasteiger partial charge is 0.269 e. The Kier molecular flexibility index (Phi) is 4.60. The van der Waals surface area contributed by atoms with Crippen molar-refractivity contribution >= 4 is 11.6 Å². The summed E-state index contributed by atoms with van der Waals surface area (Å²) in [5.41, 5.74) is 1.15. The van der Waals surface area contributed by atoms with Gasteiger partial charge in [-0.3, -0.25) is 14.9 Å². The number of non-ortho nitro benzene ring substituents is 1. The summed E-state index contributed by atoms with van der Waals surface area (Å²) in [7, 11) is 0. The van der Waals surface area contributed by atoms with E-state index in [1.165, 1.54) is 29.2 Å². The van der Waals surface area contributed by atoms with Gasteiger partial charge in [-0.25, -0.2) is 4.39 Å². The van der Waals surface area contributed by atoms with Gasteiger partial charge in [0, 0.05) is 24.2 Å². The van der Waals surface area contributed by atoms with Crippen molar-refractivity contribution in [3.8, 4) is 0 Å². The molecular formula is C22H17FN2O4. The lowest BCUT2D eigenvalue weighted by Crippen LogP contribution is -2.47. The second-order valence-electron chi connectivity index (χ2n) is 6.89. The van der Waals surface area contributed by atoms with Crippen molar-refractivity contribution in [3.05, 3.63) is 111 Å². The predicted octanol–water partition coefficient (Wildman–Crippen LogP) is 3.63. The van der Waals surface area contributed by atoms with Crippen molar-refractivity contribution in [1.29, 1.82) is 0 Å². The molecule has 7 heteroatoms. The molecule has 0 bridgehead atoms. The third-order valence-electron chi connectivity index (χ3n) is 5.35. The number of halogens is 1. The van der Waals surface area contributed by atoms with E-state index >= 15 is 0 Å². The molecule has 3 aromatic carbocycles. The fraction of sp³-hybridized carbons (Fsp3) is 0.136. The Morgan fingerprint density at radius 1 is 1.00 bits per heavy atom. The molecule has 0 aliphatic carbocycles. The number of rotatable bonds is 5. The minimum Gasteiger partial charge on any atom is -0.393 e. The van der Waals surface area contributed by atoms with Gasteiger partial charge in [-0.1, -0.05) is 42.5 Å². The summed E-state index contributed by atoms with van der Waals surface area (Å²) in [6, 6.07) is 18.6. The number of aliphatic hydroxyl groups is 1. The van der Waals surface area contributed by atoms with Crippen LogP contribution >= 0.6 is 0 Å². The molecule has 146 valence electrons. The fourth-order valence-corrected chi connectivity index (χ4v) is 3.91. The Balaban J connectivity index is 1.83. The van der Waals surface area contributed by atoms with Crippen molar-refractivity contribution in [2.75, 3.05) is 6.61 Å². The number of nitro benzene ring substituents is 1. The maximum absolute atomic E-state index is 13.5. The van der Waals surface area contributed by atoms with Crippen LogP contribution in [0.4, 0.5) is 10.1 Å². The number of hydrogen-bond acceptors (Lipinski definition) is 4. The number of fused-ring (bicyclic) bond motifs is 1. The molecule has 1 heterocycles. The molecule has 1 aliphatic rings. The Labute approximate surface area is 166 Å². The zero-order valence-corrected chi connectivity index (χ0v) is 15.3. The molecule has 0 radical (unpaired) electrons. The zero-order valence-electron chi connectivity index (χ0n) is 15.3. The van der Waals surface area contributed by atoms with Crippen molar-refractivity contribution in [1.82, 2.24) is 4.90 Å². The number of nitrogens with zero attached hydrogens (tertiary/aromatic N) is 2. The van der Waals surface area contributed by atoms with E-state index in [2.05, 4.69) is 0 Å². The van der Waals surface area contributed by atoms with Crippen LogP contribution in [0.15, 0.2) is 72.8 Å². The first kappa shape index (κ1) is 18.8. The molecule has 6 nitrogen and oxygen atoms in total. The van der Waals surface area contributed by atoms with E-state index in [0.29, 0.717) is 22.3 Å². The average molecular weight is 392 g/mol. The Bertz CT molecular complexity index is 1080. The summed E-state index contributed by atoms with van der Waals surface area (Å²) >= 11 is 0. The fourth-order valence-electron chi connectivity index (χ4n) is 3.91. The second kappa shape index (κ2) is 7.10. The maximum atomic E-state index is 13.5. The quantitative estimate of drug-likeness (QED) is 0.531. The molecule has 1 unspecified atom stereocenters. The first-order valence-electron chi connectivity index (χ1n) is 8.99. The van der Waals surface area contributed by atoms with Crippen LogP contribution in [0.25, 0.3) is 0 Å². The van der Waals surface area contributed by atoms with Crippen LogP contribution < -0.4 is 0 Å². The number of carbonyl (C=O) groups excluding carboxylic acids is 1. The van der Waals surface area contributed by atoms with Crippen LogP contribution in [0.1, 0.15) is 27.0 Å². The molecule has 0 spiro atoms. The van der Waals surface area contributed by atoms with E-state index in [4.69, 9.17) is 0 Å². The Morgan fingerprint density at radius 2 is 1.66 bits per heavy atom. The largest absolute Gasteiger partial charge is 0.393 e. The first-order valence-corrected chi connectivity index (χ1v) is 8.99. The van der Waals surface area contributed by atoms with Crippen molar-refractivity contribution < 1.29 is 19.2 Å². The van der Waals surface area contributed by atoms with Crippen LogP contribution in [0.3, 0.4) is 0 Å². The molecule has 1 amide bonds. The van der Waals surface area contributed by atoms with Gasteiger partial charge >= 0.3 is 0 Å². The third-order valence-corrected chi connectivity index (χ3v) is 5.35. The highest BCUT2D eigenvalue weighted by molar-refractivity contribution is 6.00. The number of nitro groups is 1. The lowest BCUT2D eigenvalue weighted by atomic mass is 9.83. The minimum atomic E-state index is -1.18. The van der Waals surface area contributed by atoms with Crippen LogP contribution in [-0.4, -0.2) is 27.4 Å². The van der Waals surface area contributed by atoms with Crippen molar-refractivity contribution in [3.63, 3.8) is 0 Å². The molecule has 1 N–H and O–H groups in total. The van der Waals surface area contributed by atoms with Gasteiger partial charge in [-0.2, -0.15) is 0 Å². The number of benzene rings is 3. The molecule has 29 heavy (non-hydrogen) atoms. The van der Waals surface area contributed by atoms with E-state index < -0.39 is 22.9 Å². The summed E-state index contributed by atoms with van der Waals surface area (Å²) in [6.45, 7) is -0.266. The van der Waals surface area contributed by atoms with Crippen molar-refractivity contribution in [2.45, 2.75) is 12.1 Å². The highest BCUT2D eigenvalue weighted by Gasteiger charge is 2.50. The average Bonchev–Trinajstić information content (AvgIpc) is 2.98. The van der Waals surface area contributed by atoms with E-state index in [1.54, 1.807) is 48.5 Å². The van der Waals surface area contributed by atoms with Gasteiger partial charge in [-0.05, 0) is 34.9 Å². The van der Waals surface area contributed by atoms with E-state index in [0.717, 1.165) is 0 Å². The molecule has 1 aliphatic heterocycles. The molecule has 4 rings (SSSR count). The van der Waals surface area contributed by atoms with Crippen LogP contribution in [0.5, 0.6) is 0 Å². The summed E-state index contributed by atoms with van der Waals surface area (Å²) < 4.78 is 13.5. The Hall–Kier alpha value is -3.58. The molecular weight excluding hydrogens is 375 g/mol. The van der Waals surface area contributed by atoms with Gasteiger partial charge in [0.1, 0.15) is 11.4 Å². The van der Waals surface area contributed by atoms with Gasteiger partial charge in [0.05, 0.1) is 11.5 Å². The lowest BCUT2D eigenvalue weighted by molar-refractivity contribution is -0.384. The summed E-state index contributed by atoms with van der Waals surface area (Å²) in [6.07, 6.45) is 0. The molecule has 0 saturated carbocycles. The molecule has 0 aromatic heterocycles. The highest BCUT2D eigenvalue weighted by atomic mass is 19.1. The van der Waals surface area contributed by atoms with Gasteiger partial charge in [0.25, 0.3) is 11.6 Å². The topological polar surface area (TPSA) is 83.7 Å². The normalized spacial score (nSPS) is 18.0. The first-order chi connectivity index (χ1) is 14.0. The zero-order chi connectivity index (χ0) is 20.6. The number of carbonyl (C=O) groups is 1. The number of hydrogen-bond donors (Lipinski definition) is 1. The monoisotopic (exact) mass is 392 g/mol. The van der Waals surface area contributed by atoms with Gasteiger partial charge in [0.15, 0.2) is 0 Å². The number of aliphatic hydroxyl groups excluding tert-OH is 1. The van der Waals surface area contributed by atoms with E-state index in [9.17, 15) is 24.4 Å². The maximum Gasteiger partial charge on any atom is 0.269 e. The van der Waals surface area contributed by atoms with E-state index in [1.807, 2.05) is 0 Å². The van der Waals surface area contributed by atoms with Crippen LogP contribution in [-0.2, 0) is 12.1 Å². The van der Waals surface area contributed by atoms with E-state index in [-0.39, 0.29) is 18.1 Å². The van der Waals surface area contributed by atoms with Crippen LogP contribution in [0, 0.1) is 15.9 Å². The molecule has 0 saturated heterocycles. The van der Waals surface area contributed by atoms with Crippen LogP contribution in [0.2, 0.25) is 0 Å². The Morgan fingerprint density at radius 3 is 2.28 bits per heavy atom. The lowest BCUT2D eigenvalue weighted by Gasteiger charge is -2.38. The third kappa shape index (κ3) is 2.96. The summed E-state index contributed by atoms with van der Waals surface area (Å²) in [5, 5.41) is 21.4. The van der Waals surface area contributed by atoms with Gasteiger partial charge < -0.3 is 10.0 Å². The van der Waals surface area contributed by atoms with Crippen molar-refractivity contribution in [2.24, 2.45) is 0 Å². The second-order valence-corrected chi connectivity index (χ2v) is 6.89. The number of amides is 1. The SMILES string of the molecule is O=C1c2ccccc2C(CO)(c2ccc(F)cc2)N1Cc1ccc([N+](=O)[O-])cc1. The highest BCUT2D eigenvalue weighted by Crippen LogP contribution is 2.44. The predicted molar refractivity (Wildman–Crippen MR) is 104 cm³/mol.